The van der Waals surface area contributed by atoms with Gasteiger partial charge in [0, 0.05) is 13.2 Å². The molecule has 0 aromatic carbocycles. The molecule has 2 rings (SSSR count). The molecule has 1 aliphatic heterocycles. The molecule has 2 aliphatic rings. The van der Waals surface area contributed by atoms with Crippen LogP contribution < -0.4 is 5.73 Å². The zero-order valence-electron chi connectivity index (χ0n) is 9.71. The second-order valence-electron chi connectivity index (χ2n) is 5.17. The van der Waals surface area contributed by atoms with E-state index in [1.807, 2.05) is 0 Å². The smallest absolute Gasteiger partial charge is 0.0838 e. The minimum Gasteiger partial charge on any atom is -0.379 e. The van der Waals surface area contributed by atoms with Gasteiger partial charge in [-0.3, -0.25) is 0 Å². The summed E-state index contributed by atoms with van der Waals surface area (Å²) >= 11 is 0. The van der Waals surface area contributed by atoms with Crippen LogP contribution in [-0.2, 0) is 9.47 Å². The number of hydrogen-bond donors (Lipinski definition) is 1. The molecule has 0 radical (unpaired) electrons. The molecule has 2 N–H and O–H groups in total. The third kappa shape index (κ3) is 2.71. The molecule has 1 aliphatic carbocycles. The number of hydrogen-bond acceptors (Lipinski definition) is 3. The number of rotatable bonds is 3. The van der Waals surface area contributed by atoms with Gasteiger partial charge in [-0.2, -0.15) is 0 Å². The molecule has 1 unspecified atom stereocenters. The van der Waals surface area contributed by atoms with Crippen LogP contribution in [0, 0.1) is 5.92 Å². The van der Waals surface area contributed by atoms with Gasteiger partial charge in [0.15, 0.2) is 0 Å². The van der Waals surface area contributed by atoms with Crippen molar-refractivity contribution in [2.45, 2.75) is 50.7 Å². The molecular formula is C12H23NO2. The van der Waals surface area contributed by atoms with Crippen molar-refractivity contribution in [1.82, 2.24) is 0 Å². The van der Waals surface area contributed by atoms with Gasteiger partial charge < -0.3 is 15.2 Å². The Kier molecular flexibility index (Phi) is 3.65. The number of nitrogens with two attached hydrogens (primary N) is 1. The van der Waals surface area contributed by atoms with Gasteiger partial charge >= 0.3 is 0 Å². The molecule has 0 bridgehead atoms. The monoisotopic (exact) mass is 213 g/mol. The summed E-state index contributed by atoms with van der Waals surface area (Å²) < 4.78 is 11.5. The van der Waals surface area contributed by atoms with Crippen molar-refractivity contribution in [1.29, 1.82) is 0 Å². The molecule has 2 fully saturated rings. The topological polar surface area (TPSA) is 44.5 Å². The lowest BCUT2D eigenvalue weighted by Crippen LogP contribution is -2.46. The largest absolute Gasteiger partial charge is 0.379 e. The Morgan fingerprint density at radius 3 is 2.60 bits per heavy atom. The molecule has 1 saturated carbocycles. The van der Waals surface area contributed by atoms with Crippen molar-refractivity contribution < 1.29 is 9.47 Å². The van der Waals surface area contributed by atoms with Crippen LogP contribution in [0.1, 0.15) is 39.0 Å². The first-order chi connectivity index (χ1) is 7.24. The van der Waals surface area contributed by atoms with E-state index in [4.69, 9.17) is 15.2 Å². The van der Waals surface area contributed by atoms with Crippen molar-refractivity contribution in [2.75, 3.05) is 19.8 Å². The summed E-state index contributed by atoms with van der Waals surface area (Å²) in [7, 11) is 0. The predicted molar refractivity (Wildman–Crippen MR) is 59.7 cm³/mol. The third-order valence-corrected chi connectivity index (χ3v) is 3.86. The molecule has 0 aromatic rings. The Labute approximate surface area is 92.3 Å². The summed E-state index contributed by atoms with van der Waals surface area (Å²) in [4.78, 5) is 0. The molecule has 0 amide bonds. The summed E-state index contributed by atoms with van der Waals surface area (Å²) in [5, 5.41) is 0. The van der Waals surface area contributed by atoms with E-state index in [1.54, 1.807) is 0 Å². The fraction of sp³-hybridized carbons (Fsp3) is 1.00. The standard InChI is InChI=1S/C12H23NO2/c1-10-2-5-12(9-13,6-3-10)15-11-4-7-14-8-11/h10-11H,2-9,13H2,1H3. The van der Waals surface area contributed by atoms with E-state index in [9.17, 15) is 0 Å². The highest BCUT2D eigenvalue weighted by molar-refractivity contribution is 4.89. The van der Waals surface area contributed by atoms with E-state index in [-0.39, 0.29) is 5.60 Å². The average Bonchev–Trinajstić information content (AvgIpc) is 2.75. The summed E-state index contributed by atoms with van der Waals surface area (Å²) in [6.45, 7) is 4.59. The zero-order chi connectivity index (χ0) is 10.7. The molecule has 3 heteroatoms. The summed E-state index contributed by atoms with van der Waals surface area (Å²) in [5.41, 5.74) is 5.86. The van der Waals surface area contributed by atoms with Crippen LogP contribution in [0.4, 0.5) is 0 Å². The van der Waals surface area contributed by atoms with Crippen LogP contribution in [0.15, 0.2) is 0 Å². The third-order valence-electron chi connectivity index (χ3n) is 3.86. The quantitative estimate of drug-likeness (QED) is 0.776. The Bertz CT molecular complexity index is 194. The highest BCUT2D eigenvalue weighted by Gasteiger charge is 2.36. The fourth-order valence-corrected chi connectivity index (χ4v) is 2.62. The molecule has 3 nitrogen and oxygen atoms in total. The summed E-state index contributed by atoms with van der Waals surface area (Å²) in [6, 6.07) is 0. The van der Waals surface area contributed by atoms with Gasteiger partial charge in [-0.05, 0) is 38.0 Å². The normalized spacial score (nSPS) is 42.0. The first-order valence-electron chi connectivity index (χ1n) is 6.20. The SMILES string of the molecule is CC1CCC(CN)(OC2CCOC2)CC1. The van der Waals surface area contributed by atoms with Gasteiger partial charge in [-0.15, -0.1) is 0 Å². The summed E-state index contributed by atoms with van der Waals surface area (Å²) in [5.74, 6) is 0.841. The van der Waals surface area contributed by atoms with Crippen LogP contribution in [-0.4, -0.2) is 31.5 Å². The first kappa shape index (κ1) is 11.4. The van der Waals surface area contributed by atoms with Gasteiger partial charge in [-0.1, -0.05) is 6.92 Å². The Morgan fingerprint density at radius 2 is 2.07 bits per heavy atom. The lowest BCUT2D eigenvalue weighted by atomic mass is 9.79. The second kappa shape index (κ2) is 4.81. The van der Waals surface area contributed by atoms with E-state index in [2.05, 4.69) is 6.92 Å². The Hall–Kier alpha value is -0.120. The Balaban J connectivity index is 1.89. The predicted octanol–water partition coefficient (Wildman–Crippen LogP) is 1.70. The lowest BCUT2D eigenvalue weighted by molar-refractivity contribution is -0.112. The minimum atomic E-state index is -0.0368. The van der Waals surface area contributed by atoms with E-state index >= 15 is 0 Å². The number of ether oxygens (including phenoxy) is 2. The zero-order valence-corrected chi connectivity index (χ0v) is 9.71. The molecule has 15 heavy (non-hydrogen) atoms. The van der Waals surface area contributed by atoms with Crippen molar-refractivity contribution >= 4 is 0 Å². The minimum absolute atomic E-state index is 0.0368. The van der Waals surface area contributed by atoms with Gasteiger partial charge in [0.1, 0.15) is 0 Å². The van der Waals surface area contributed by atoms with E-state index in [0.29, 0.717) is 12.6 Å². The van der Waals surface area contributed by atoms with Gasteiger partial charge in [0.25, 0.3) is 0 Å². The molecule has 0 spiro atoms. The molecule has 1 saturated heterocycles. The van der Waals surface area contributed by atoms with Crippen molar-refractivity contribution in [3.05, 3.63) is 0 Å². The maximum Gasteiger partial charge on any atom is 0.0838 e. The molecular weight excluding hydrogens is 190 g/mol. The van der Waals surface area contributed by atoms with Crippen LogP contribution in [0.3, 0.4) is 0 Å². The first-order valence-corrected chi connectivity index (χ1v) is 6.20. The van der Waals surface area contributed by atoms with Crippen LogP contribution in [0.2, 0.25) is 0 Å². The second-order valence-corrected chi connectivity index (χ2v) is 5.17. The van der Waals surface area contributed by atoms with Crippen molar-refractivity contribution in [3.63, 3.8) is 0 Å². The van der Waals surface area contributed by atoms with Crippen molar-refractivity contribution in [3.8, 4) is 0 Å². The molecule has 88 valence electrons. The molecule has 1 atom stereocenters. The van der Waals surface area contributed by atoms with Crippen LogP contribution >= 0.6 is 0 Å². The summed E-state index contributed by atoms with van der Waals surface area (Å²) in [6.07, 6.45) is 6.09. The molecule has 1 heterocycles. The average molecular weight is 213 g/mol. The molecule has 0 aromatic heterocycles. The van der Waals surface area contributed by atoms with Crippen LogP contribution in [0.25, 0.3) is 0 Å². The van der Waals surface area contributed by atoms with E-state index < -0.39 is 0 Å². The van der Waals surface area contributed by atoms with Crippen LogP contribution in [0.5, 0.6) is 0 Å². The van der Waals surface area contributed by atoms with Gasteiger partial charge in [-0.25, -0.2) is 0 Å². The fourth-order valence-electron chi connectivity index (χ4n) is 2.62. The highest BCUT2D eigenvalue weighted by atomic mass is 16.6. The van der Waals surface area contributed by atoms with E-state index in [1.165, 1.54) is 12.8 Å². The van der Waals surface area contributed by atoms with Crippen molar-refractivity contribution in [2.24, 2.45) is 11.7 Å². The maximum absolute atomic E-state index is 6.19. The van der Waals surface area contributed by atoms with Gasteiger partial charge in [0.05, 0.1) is 18.3 Å². The maximum atomic E-state index is 6.19. The lowest BCUT2D eigenvalue weighted by Gasteiger charge is -2.40. The Morgan fingerprint density at radius 1 is 1.33 bits per heavy atom. The van der Waals surface area contributed by atoms with Gasteiger partial charge in [0.2, 0.25) is 0 Å². The highest BCUT2D eigenvalue weighted by Crippen LogP contribution is 2.35. The van der Waals surface area contributed by atoms with E-state index in [0.717, 1.165) is 38.4 Å².